The Hall–Kier alpha value is -3.79. The summed E-state index contributed by atoms with van der Waals surface area (Å²) < 4.78 is 86.4. The van der Waals surface area contributed by atoms with Crippen molar-refractivity contribution in [1.29, 1.82) is 0 Å². The summed E-state index contributed by atoms with van der Waals surface area (Å²) in [5.74, 6) is -0.554. The maximum Gasteiger partial charge on any atom is 0.416 e. The first-order valence-electron chi connectivity index (χ1n) is 12.6. The molecule has 10 heteroatoms. The number of para-hydroxylation sites is 1. The van der Waals surface area contributed by atoms with Gasteiger partial charge in [-0.25, -0.2) is 0 Å². The fraction of sp³-hybridized carbons (Fsp3) is 0.300. The lowest BCUT2D eigenvalue weighted by Gasteiger charge is -2.31. The van der Waals surface area contributed by atoms with Crippen LogP contribution in [0.4, 0.5) is 32.0 Å². The predicted octanol–water partition coefficient (Wildman–Crippen LogP) is 6.92. The third-order valence-corrected chi connectivity index (χ3v) is 7.24. The van der Waals surface area contributed by atoms with Crippen LogP contribution in [0.25, 0.3) is 5.57 Å². The van der Waals surface area contributed by atoms with Gasteiger partial charge in [0.2, 0.25) is 0 Å². The van der Waals surface area contributed by atoms with Gasteiger partial charge in [0, 0.05) is 36.5 Å². The molecule has 0 aliphatic carbocycles. The molecule has 0 aromatic heterocycles. The van der Waals surface area contributed by atoms with Crippen molar-refractivity contribution in [2.45, 2.75) is 38.3 Å². The molecule has 0 saturated carbocycles. The molecule has 2 aliphatic rings. The van der Waals surface area contributed by atoms with Gasteiger partial charge in [-0.05, 0) is 48.2 Å². The molecule has 5 rings (SSSR count). The zero-order chi connectivity index (χ0) is 28.8. The predicted molar refractivity (Wildman–Crippen MR) is 138 cm³/mol. The Labute approximate surface area is 227 Å². The normalized spacial score (nSPS) is 19.2. The first kappa shape index (κ1) is 27.8. The Bertz CT molecular complexity index is 1430. The summed E-state index contributed by atoms with van der Waals surface area (Å²) in [5, 5.41) is 0. The number of amides is 1. The van der Waals surface area contributed by atoms with Gasteiger partial charge < -0.3 is 14.5 Å². The monoisotopic (exact) mass is 560 g/mol. The molecule has 1 atom stereocenters. The van der Waals surface area contributed by atoms with Crippen molar-refractivity contribution < 1.29 is 35.9 Å². The summed E-state index contributed by atoms with van der Waals surface area (Å²) >= 11 is 0. The van der Waals surface area contributed by atoms with Crippen LogP contribution in [0.15, 0.2) is 72.3 Å². The quantitative estimate of drug-likeness (QED) is 0.325. The molecular formula is C30H26F6N2O2. The van der Waals surface area contributed by atoms with Crippen LogP contribution >= 0.6 is 0 Å². The van der Waals surface area contributed by atoms with E-state index in [0.29, 0.717) is 17.7 Å². The summed E-state index contributed by atoms with van der Waals surface area (Å²) in [6.45, 7) is 1.77. The molecule has 1 amide bonds. The van der Waals surface area contributed by atoms with Gasteiger partial charge in [-0.2, -0.15) is 26.3 Å². The second-order valence-corrected chi connectivity index (χ2v) is 10.1. The summed E-state index contributed by atoms with van der Waals surface area (Å²) in [7, 11) is 1.36. The molecule has 0 bridgehead atoms. The van der Waals surface area contributed by atoms with Gasteiger partial charge in [0.1, 0.15) is 6.73 Å². The summed E-state index contributed by atoms with van der Waals surface area (Å²) in [6.07, 6.45) is -9.16. The Balaban J connectivity index is 1.60. The molecule has 210 valence electrons. The van der Waals surface area contributed by atoms with Crippen LogP contribution in [0.2, 0.25) is 0 Å². The van der Waals surface area contributed by atoms with Crippen molar-refractivity contribution in [1.82, 2.24) is 4.90 Å². The van der Waals surface area contributed by atoms with Crippen molar-refractivity contribution in [2.24, 2.45) is 0 Å². The number of hydrogen-bond acceptors (Lipinski definition) is 3. The van der Waals surface area contributed by atoms with E-state index < -0.39 is 35.9 Å². The molecule has 4 nitrogen and oxygen atoms in total. The minimum atomic E-state index is -4.98. The van der Waals surface area contributed by atoms with Crippen LogP contribution in [0.3, 0.4) is 0 Å². The zero-order valence-corrected chi connectivity index (χ0v) is 21.7. The topological polar surface area (TPSA) is 32.8 Å². The number of likely N-dealkylation sites (N-methyl/N-ethyl adjacent to an activating group) is 1. The van der Waals surface area contributed by atoms with Crippen LogP contribution < -0.4 is 4.90 Å². The van der Waals surface area contributed by atoms with Crippen LogP contribution in [0.1, 0.15) is 40.3 Å². The average molecular weight is 561 g/mol. The number of benzene rings is 3. The molecule has 2 aliphatic heterocycles. The standard InChI is InChI=1S/C30H26F6N2O2/c1-18-11-21-9-6-10-24-26(20-7-4-3-5-8-20)25(16-40-17-38(18)27(21)24)28(39)37(2)15-19-12-22(29(31,32)33)14-23(13-19)30(34,35)36/h3-10,12-14,18H,11,15-17H2,1-2H3/b26-25+. The van der Waals surface area contributed by atoms with Gasteiger partial charge in [-0.15, -0.1) is 0 Å². The van der Waals surface area contributed by atoms with E-state index in [9.17, 15) is 31.1 Å². The number of alkyl halides is 6. The SMILES string of the molecule is CC1Cc2cccc3c2N1COC/C(C(=O)N(C)Cc1cc(C(F)(F)F)cc(C(F)(F)F)c1)=C\3c1ccccc1. The van der Waals surface area contributed by atoms with Gasteiger partial charge in [-0.1, -0.05) is 48.5 Å². The van der Waals surface area contributed by atoms with E-state index >= 15 is 0 Å². The number of carbonyl (C=O) groups excluding carboxylic acids is 1. The number of hydrogen-bond donors (Lipinski definition) is 0. The minimum Gasteiger partial charge on any atom is -0.356 e. The second kappa shape index (κ2) is 10.3. The first-order chi connectivity index (χ1) is 18.8. The van der Waals surface area contributed by atoms with Gasteiger partial charge in [0.15, 0.2) is 0 Å². The zero-order valence-electron chi connectivity index (χ0n) is 21.7. The molecule has 3 aromatic rings. The number of carbonyl (C=O) groups is 1. The highest BCUT2D eigenvalue weighted by molar-refractivity contribution is 6.06. The fourth-order valence-corrected chi connectivity index (χ4v) is 5.41. The molecule has 0 saturated heterocycles. The van der Waals surface area contributed by atoms with Crippen molar-refractivity contribution in [3.63, 3.8) is 0 Å². The van der Waals surface area contributed by atoms with Gasteiger partial charge in [-0.3, -0.25) is 4.79 Å². The van der Waals surface area contributed by atoms with Gasteiger partial charge in [0.05, 0.1) is 23.3 Å². The van der Waals surface area contributed by atoms with E-state index in [-0.39, 0.29) is 36.6 Å². The molecule has 1 unspecified atom stereocenters. The minimum absolute atomic E-state index is 0.0761. The Kier molecular flexibility index (Phi) is 7.16. The van der Waals surface area contributed by atoms with Crippen LogP contribution in [0.5, 0.6) is 0 Å². The van der Waals surface area contributed by atoms with Crippen LogP contribution in [-0.2, 0) is 34.8 Å². The lowest BCUT2D eigenvalue weighted by atomic mass is 9.89. The molecule has 2 heterocycles. The van der Waals surface area contributed by atoms with Gasteiger partial charge in [0.25, 0.3) is 5.91 Å². The Morgan fingerprint density at radius 3 is 2.23 bits per heavy atom. The second-order valence-electron chi connectivity index (χ2n) is 10.1. The third kappa shape index (κ3) is 5.32. The van der Waals surface area contributed by atoms with Crippen LogP contribution in [-0.4, -0.2) is 37.2 Å². The molecule has 0 radical (unpaired) electrons. The smallest absolute Gasteiger partial charge is 0.356 e. The highest BCUT2D eigenvalue weighted by atomic mass is 19.4. The molecular weight excluding hydrogens is 534 g/mol. The maximum atomic E-state index is 13.9. The number of anilines is 1. The van der Waals surface area contributed by atoms with Crippen LogP contribution in [0, 0.1) is 0 Å². The van der Waals surface area contributed by atoms with Crippen molar-refractivity contribution >= 4 is 17.2 Å². The van der Waals surface area contributed by atoms with Crippen molar-refractivity contribution in [2.75, 3.05) is 25.3 Å². The van der Waals surface area contributed by atoms with E-state index in [1.54, 1.807) is 0 Å². The maximum absolute atomic E-state index is 13.9. The summed E-state index contributed by atoms with van der Waals surface area (Å²) in [5.41, 5.74) is 1.38. The Morgan fingerprint density at radius 1 is 0.950 bits per heavy atom. The van der Waals surface area contributed by atoms with Crippen molar-refractivity contribution in [3.05, 3.63) is 106 Å². The average Bonchev–Trinajstić information content (AvgIpc) is 3.21. The molecule has 0 N–H and O–H groups in total. The highest BCUT2D eigenvalue weighted by Crippen LogP contribution is 2.43. The first-order valence-corrected chi connectivity index (χ1v) is 12.6. The van der Waals surface area contributed by atoms with E-state index in [4.69, 9.17) is 4.74 Å². The number of rotatable bonds is 4. The van der Waals surface area contributed by atoms with E-state index in [1.807, 2.05) is 48.5 Å². The molecule has 40 heavy (non-hydrogen) atoms. The fourth-order valence-electron chi connectivity index (χ4n) is 5.41. The third-order valence-electron chi connectivity index (χ3n) is 7.24. The van der Waals surface area contributed by atoms with E-state index in [0.717, 1.165) is 33.7 Å². The molecule has 0 fully saturated rings. The van der Waals surface area contributed by atoms with Gasteiger partial charge >= 0.3 is 12.4 Å². The molecule has 3 aromatic carbocycles. The number of nitrogens with zero attached hydrogens (tertiary/aromatic N) is 2. The lowest BCUT2D eigenvalue weighted by Crippen LogP contribution is -2.36. The number of halogens is 6. The summed E-state index contributed by atoms with van der Waals surface area (Å²) in [4.78, 5) is 17.2. The van der Waals surface area contributed by atoms with Crippen molar-refractivity contribution in [3.8, 4) is 0 Å². The van der Waals surface area contributed by atoms with E-state index in [1.165, 1.54) is 7.05 Å². The Morgan fingerprint density at radius 2 is 1.60 bits per heavy atom. The highest BCUT2D eigenvalue weighted by Gasteiger charge is 2.38. The molecule has 0 spiro atoms. The van der Waals surface area contributed by atoms with E-state index in [2.05, 4.69) is 11.8 Å². The number of ether oxygens (including phenoxy) is 1. The summed E-state index contributed by atoms with van der Waals surface area (Å²) in [6, 6.07) is 16.6. The largest absolute Gasteiger partial charge is 0.416 e. The lowest BCUT2D eigenvalue weighted by molar-refractivity contribution is -0.143.